The van der Waals surface area contributed by atoms with Crippen LogP contribution >= 0.6 is 0 Å². The standard InChI is InChI=1S/C21H27NO5/c1-4-14-11-20(23)27-19-12-17(9-10-18(14)19)26-13(2)21(24)22-15-5-7-16(25-3)8-6-15/h9-13,15-16H,4-8H2,1-3H3,(H,22,24). The predicted octanol–water partition coefficient (Wildman–Crippen LogP) is 3.20. The highest BCUT2D eigenvalue weighted by Gasteiger charge is 2.24. The summed E-state index contributed by atoms with van der Waals surface area (Å²) in [5.74, 6) is 0.365. The largest absolute Gasteiger partial charge is 0.481 e. The summed E-state index contributed by atoms with van der Waals surface area (Å²) in [5, 5.41) is 3.94. The van der Waals surface area contributed by atoms with Crippen molar-refractivity contribution in [3.63, 3.8) is 0 Å². The van der Waals surface area contributed by atoms with Crippen molar-refractivity contribution < 1.29 is 18.7 Å². The Kier molecular flexibility index (Phi) is 6.16. The molecule has 27 heavy (non-hydrogen) atoms. The zero-order valence-electron chi connectivity index (χ0n) is 16.1. The number of benzene rings is 1. The third-order valence-electron chi connectivity index (χ3n) is 5.22. The van der Waals surface area contributed by atoms with Crippen molar-refractivity contribution >= 4 is 16.9 Å². The van der Waals surface area contributed by atoms with Gasteiger partial charge in [-0.15, -0.1) is 0 Å². The fourth-order valence-corrected chi connectivity index (χ4v) is 3.60. The molecule has 0 saturated heterocycles. The first kappa shape index (κ1) is 19.4. The van der Waals surface area contributed by atoms with Crippen molar-refractivity contribution in [1.82, 2.24) is 5.32 Å². The minimum absolute atomic E-state index is 0.139. The van der Waals surface area contributed by atoms with Gasteiger partial charge in [0, 0.05) is 30.7 Å². The van der Waals surface area contributed by atoms with Crippen LogP contribution in [0.3, 0.4) is 0 Å². The average Bonchev–Trinajstić information content (AvgIpc) is 2.67. The molecule has 1 N–H and O–H groups in total. The maximum atomic E-state index is 12.4. The number of fused-ring (bicyclic) bond motifs is 1. The Morgan fingerprint density at radius 1 is 1.26 bits per heavy atom. The van der Waals surface area contributed by atoms with E-state index in [9.17, 15) is 9.59 Å². The van der Waals surface area contributed by atoms with Crippen molar-refractivity contribution in [3.05, 3.63) is 40.2 Å². The van der Waals surface area contributed by atoms with E-state index in [1.165, 1.54) is 6.07 Å². The van der Waals surface area contributed by atoms with Gasteiger partial charge in [-0.3, -0.25) is 4.79 Å². The van der Waals surface area contributed by atoms with E-state index < -0.39 is 6.10 Å². The molecule has 1 aromatic carbocycles. The Balaban J connectivity index is 1.64. The van der Waals surface area contributed by atoms with E-state index in [0.717, 1.165) is 43.1 Å². The molecule has 1 aromatic heterocycles. The number of rotatable bonds is 6. The zero-order valence-corrected chi connectivity index (χ0v) is 16.1. The highest BCUT2D eigenvalue weighted by Crippen LogP contribution is 2.24. The molecular weight excluding hydrogens is 346 g/mol. The number of ether oxygens (including phenoxy) is 2. The van der Waals surface area contributed by atoms with Crippen LogP contribution in [0.5, 0.6) is 5.75 Å². The minimum Gasteiger partial charge on any atom is -0.481 e. The monoisotopic (exact) mass is 373 g/mol. The summed E-state index contributed by atoms with van der Waals surface area (Å²) in [5.41, 5.74) is 1.03. The SMILES string of the molecule is CCc1cc(=O)oc2cc(OC(C)C(=O)NC3CCC(OC)CC3)ccc12. The zero-order chi connectivity index (χ0) is 19.4. The van der Waals surface area contributed by atoms with E-state index in [-0.39, 0.29) is 17.6 Å². The number of amides is 1. The molecule has 1 aliphatic rings. The molecule has 0 radical (unpaired) electrons. The molecule has 1 saturated carbocycles. The van der Waals surface area contributed by atoms with Crippen LogP contribution < -0.4 is 15.7 Å². The van der Waals surface area contributed by atoms with Crippen LogP contribution in [0.2, 0.25) is 0 Å². The van der Waals surface area contributed by atoms with Crippen LogP contribution in [0.25, 0.3) is 11.0 Å². The number of carbonyl (C=O) groups excluding carboxylic acids is 1. The Hall–Kier alpha value is -2.34. The Morgan fingerprint density at radius 3 is 2.67 bits per heavy atom. The number of aryl methyl sites for hydroxylation is 1. The first-order chi connectivity index (χ1) is 13.0. The predicted molar refractivity (Wildman–Crippen MR) is 103 cm³/mol. The van der Waals surface area contributed by atoms with Gasteiger partial charge in [0.05, 0.1) is 6.10 Å². The van der Waals surface area contributed by atoms with Crippen LogP contribution in [0, 0.1) is 0 Å². The maximum Gasteiger partial charge on any atom is 0.336 e. The lowest BCUT2D eigenvalue weighted by Gasteiger charge is -2.29. The normalized spacial score (nSPS) is 21.0. The number of hydrogen-bond donors (Lipinski definition) is 1. The summed E-state index contributed by atoms with van der Waals surface area (Å²) in [6, 6.07) is 7.01. The number of nitrogens with one attached hydrogen (secondary N) is 1. The van der Waals surface area contributed by atoms with Crippen LogP contribution in [0.15, 0.2) is 33.5 Å². The molecule has 1 atom stereocenters. The van der Waals surface area contributed by atoms with E-state index in [2.05, 4.69) is 5.32 Å². The van der Waals surface area contributed by atoms with Crippen molar-refractivity contribution in [2.24, 2.45) is 0 Å². The van der Waals surface area contributed by atoms with Gasteiger partial charge in [-0.1, -0.05) is 6.92 Å². The van der Waals surface area contributed by atoms with Crippen molar-refractivity contribution in [1.29, 1.82) is 0 Å². The molecular formula is C21H27NO5. The molecule has 1 aliphatic carbocycles. The number of methoxy groups -OCH3 is 1. The second-order valence-corrected chi connectivity index (χ2v) is 7.08. The quantitative estimate of drug-likeness (QED) is 0.787. The van der Waals surface area contributed by atoms with Gasteiger partial charge < -0.3 is 19.2 Å². The lowest BCUT2D eigenvalue weighted by molar-refractivity contribution is -0.128. The van der Waals surface area contributed by atoms with Crippen molar-refractivity contribution in [2.75, 3.05) is 7.11 Å². The molecule has 3 rings (SSSR count). The third-order valence-corrected chi connectivity index (χ3v) is 5.22. The molecule has 1 amide bonds. The van der Waals surface area contributed by atoms with E-state index in [0.29, 0.717) is 17.4 Å². The molecule has 1 heterocycles. The molecule has 146 valence electrons. The van der Waals surface area contributed by atoms with Gasteiger partial charge in [0.25, 0.3) is 5.91 Å². The second kappa shape index (κ2) is 8.57. The van der Waals surface area contributed by atoms with Crippen molar-refractivity contribution in [3.8, 4) is 5.75 Å². The molecule has 1 unspecified atom stereocenters. The highest BCUT2D eigenvalue weighted by molar-refractivity contribution is 5.83. The third kappa shape index (κ3) is 4.69. The lowest BCUT2D eigenvalue weighted by Crippen LogP contribution is -2.44. The summed E-state index contributed by atoms with van der Waals surface area (Å²) in [7, 11) is 1.73. The number of hydrogen-bond acceptors (Lipinski definition) is 5. The lowest BCUT2D eigenvalue weighted by atomic mass is 9.93. The second-order valence-electron chi connectivity index (χ2n) is 7.08. The smallest absolute Gasteiger partial charge is 0.336 e. The minimum atomic E-state index is -0.635. The van der Waals surface area contributed by atoms with Crippen LogP contribution in [0.1, 0.15) is 45.1 Å². The summed E-state index contributed by atoms with van der Waals surface area (Å²) in [6.07, 6.45) is 4.15. The molecule has 2 aromatic rings. The summed E-state index contributed by atoms with van der Waals surface area (Å²) < 4.78 is 16.4. The summed E-state index contributed by atoms with van der Waals surface area (Å²) in [6.45, 7) is 3.71. The van der Waals surface area contributed by atoms with E-state index in [1.807, 2.05) is 13.0 Å². The van der Waals surface area contributed by atoms with E-state index in [4.69, 9.17) is 13.9 Å². The summed E-state index contributed by atoms with van der Waals surface area (Å²) >= 11 is 0. The Labute approximate surface area is 158 Å². The van der Waals surface area contributed by atoms with Gasteiger partial charge in [0.2, 0.25) is 0 Å². The fraction of sp³-hybridized carbons (Fsp3) is 0.524. The Morgan fingerprint density at radius 2 is 2.00 bits per heavy atom. The van der Waals surface area contributed by atoms with Gasteiger partial charge in [-0.2, -0.15) is 0 Å². The maximum absolute atomic E-state index is 12.4. The summed E-state index contributed by atoms with van der Waals surface area (Å²) in [4.78, 5) is 24.1. The average molecular weight is 373 g/mol. The first-order valence-corrected chi connectivity index (χ1v) is 9.56. The number of carbonyl (C=O) groups is 1. The van der Waals surface area contributed by atoms with Gasteiger partial charge in [-0.25, -0.2) is 4.79 Å². The van der Waals surface area contributed by atoms with Crippen LogP contribution in [0.4, 0.5) is 0 Å². The van der Waals surface area contributed by atoms with Gasteiger partial charge in [0.1, 0.15) is 11.3 Å². The molecule has 0 aliphatic heterocycles. The van der Waals surface area contributed by atoms with Crippen LogP contribution in [-0.2, 0) is 16.0 Å². The van der Waals surface area contributed by atoms with E-state index >= 15 is 0 Å². The molecule has 1 fully saturated rings. The first-order valence-electron chi connectivity index (χ1n) is 9.56. The fourth-order valence-electron chi connectivity index (χ4n) is 3.60. The highest BCUT2D eigenvalue weighted by atomic mass is 16.5. The van der Waals surface area contributed by atoms with Crippen LogP contribution in [-0.4, -0.2) is 31.3 Å². The van der Waals surface area contributed by atoms with E-state index in [1.54, 1.807) is 26.2 Å². The molecule has 0 spiro atoms. The van der Waals surface area contributed by atoms with Gasteiger partial charge in [0.15, 0.2) is 6.10 Å². The molecule has 0 bridgehead atoms. The van der Waals surface area contributed by atoms with Gasteiger partial charge >= 0.3 is 5.63 Å². The van der Waals surface area contributed by atoms with Crippen molar-refractivity contribution in [2.45, 2.75) is 64.2 Å². The topological polar surface area (TPSA) is 77.8 Å². The van der Waals surface area contributed by atoms with Gasteiger partial charge in [-0.05, 0) is 56.7 Å². The molecule has 6 nitrogen and oxygen atoms in total. The Bertz CT molecular complexity index is 851. The molecule has 6 heteroatoms.